The molecule has 10 heterocycles. The molecule has 1 aromatic carbocycles. The number of aromatic nitrogens is 4. The van der Waals surface area contributed by atoms with Crippen molar-refractivity contribution < 1.29 is 82.9 Å². The van der Waals surface area contributed by atoms with E-state index in [0.29, 0.717) is 68.5 Å². The highest BCUT2D eigenvalue weighted by atomic mass is 35.5. The van der Waals surface area contributed by atoms with E-state index < -0.39 is 15.6 Å². The van der Waals surface area contributed by atoms with E-state index in [1.807, 2.05) is 6.08 Å². The smallest absolute Gasteiger partial charge is 0.502 e. The van der Waals surface area contributed by atoms with Gasteiger partial charge in [-0.1, -0.05) is 29.8 Å². The standard InChI is InChI=1S/C15H15N3O2.C11H19BO3.C9H9ClN2O.C6H7F3O4S.C5H10O2.C5H8O2.C5H8O.C2H7P.B/c16-12-3-5-13(6-4-12)20-15-14(17-7-8-18-15)11-2-1-9-19-10-11;1-10(2)11(3,4)15-12(14-10)9-6-5-7-13-8-9;10-9-8(11-3-4-12-9)7-2-1-5-13-6-7;7-6(8,9)14(10,11)13-5-2-1-3-12-4-5;2*6-5-2-1-3-7-4-5;1-2-4-6-5-3-1;1-3-2;/h2-8H,1,9-10,16H2;6H,5,7-8H2,1-4H3;2-4H,1,5-6H2;2H,1,3-4H2;5-6H,1-4H2;1-4H2;2,4H,1,3,5H2;3H,1-2H3;. The second kappa shape index (κ2) is 40.7. The van der Waals surface area contributed by atoms with E-state index in [4.69, 9.17) is 69.6 Å². The fourth-order valence-electron chi connectivity index (χ4n) is 7.61. The predicted molar refractivity (Wildman–Crippen MR) is 327 cm³/mol. The largest absolute Gasteiger partial charge is 0.534 e. The molecule has 3 aromatic rings. The molecule has 20 nitrogen and oxygen atoms in total. The average Bonchev–Trinajstić information content (AvgIpc) is 3.89. The van der Waals surface area contributed by atoms with Gasteiger partial charge < -0.3 is 62.2 Å². The molecule has 3 N–H and O–H groups in total. The zero-order valence-corrected chi connectivity index (χ0v) is 52.6. The first kappa shape index (κ1) is 75.4. The number of halogens is 4. The molecular formula is C58H83B2ClF3N5O15PS. The lowest BCUT2D eigenvalue weighted by atomic mass is 9.77. The average molecular weight is 1270 g/mol. The molecule has 28 heteroatoms. The van der Waals surface area contributed by atoms with Gasteiger partial charge in [0.05, 0.1) is 83.0 Å². The van der Waals surface area contributed by atoms with Gasteiger partial charge in [-0.25, -0.2) is 15.0 Å². The Morgan fingerprint density at radius 2 is 1.24 bits per heavy atom. The summed E-state index contributed by atoms with van der Waals surface area (Å²) < 4.78 is 113. The number of Topliss-reactive ketones (excluding diaryl/α,β-unsaturated/α-hetero) is 1. The van der Waals surface area contributed by atoms with Crippen LogP contribution in [0.5, 0.6) is 11.6 Å². The highest BCUT2D eigenvalue weighted by molar-refractivity contribution is 7.87. The van der Waals surface area contributed by atoms with Crippen molar-refractivity contribution in [3.05, 3.63) is 113 Å². The lowest BCUT2D eigenvalue weighted by molar-refractivity contribution is -0.126. The number of hydrogen-bond acceptors (Lipinski definition) is 20. The number of benzene rings is 1. The number of nitrogens with two attached hydrogens (primary N) is 1. The summed E-state index contributed by atoms with van der Waals surface area (Å²) in [7, 11) is -4.69. The number of aliphatic hydroxyl groups is 1. The number of nitrogens with zero attached hydrogens (tertiary/aromatic N) is 4. The lowest BCUT2D eigenvalue weighted by Gasteiger charge is -2.32. The number of aliphatic hydroxyl groups excluding tert-OH is 1. The van der Waals surface area contributed by atoms with Crippen LogP contribution < -0.4 is 10.5 Å². The van der Waals surface area contributed by atoms with Gasteiger partial charge in [-0.05, 0) is 141 Å². The van der Waals surface area contributed by atoms with Crippen molar-refractivity contribution in [1.82, 2.24) is 19.9 Å². The first-order valence-corrected chi connectivity index (χ1v) is 31.9. The van der Waals surface area contributed by atoms with Crippen LogP contribution >= 0.6 is 20.2 Å². The van der Waals surface area contributed by atoms with Crippen LogP contribution in [-0.2, 0) is 61.6 Å². The van der Waals surface area contributed by atoms with Gasteiger partial charge in [-0.15, -0.1) is 8.58 Å². The molecule has 0 spiro atoms. The van der Waals surface area contributed by atoms with E-state index in [-0.39, 0.29) is 51.0 Å². The second-order valence-corrected chi connectivity index (χ2v) is 23.3. The first-order chi connectivity index (χ1) is 40.7. The topological polar surface area (TPSA) is 251 Å². The van der Waals surface area contributed by atoms with Crippen molar-refractivity contribution in [3.8, 4) is 11.6 Å². The number of hydrogen-bond donors (Lipinski definition) is 2. The van der Waals surface area contributed by atoms with Crippen molar-refractivity contribution in [1.29, 1.82) is 0 Å². The quantitative estimate of drug-likeness (QED) is 0.0733. The Kier molecular flexibility index (Phi) is 35.7. The van der Waals surface area contributed by atoms with Crippen LogP contribution in [-0.4, -0.2) is 177 Å². The number of ketones is 1. The Morgan fingerprint density at radius 1 is 0.698 bits per heavy atom. The van der Waals surface area contributed by atoms with E-state index in [9.17, 15) is 26.4 Å². The molecule has 0 amide bonds. The molecule has 0 aliphatic carbocycles. The maximum atomic E-state index is 11.8. The summed E-state index contributed by atoms with van der Waals surface area (Å²) in [6.45, 7) is 20.2. The third-order valence-corrected chi connectivity index (χ3v) is 14.0. The molecule has 2 aromatic heterocycles. The highest BCUT2D eigenvalue weighted by Gasteiger charge is 2.52. The number of allylic oxidation sites excluding steroid dienone is 1. The number of ether oxygens (including phenoxy) is 8. The van der Waals surface area contributed by atoms with Crippen LogP contribution in [0.2, 0.25) is 5.15 Å². The predicted octanol–water partition coefficient (Wildman–Crippen LogP) is 10.1. The Morgan fingerprint density at radius 3 is 1.66 bits per heavy atom. The van der Waals surface area contributed by atoms with Gasteiger partial charge in [-0.3, -0.25) is 9.78 Å². The van der Waals surface area contributed by atoms with Crippen LogP contribution in [0.25, 0.3) is 11.1 Å². The molecule has 1 unspecified atom stereocenters. The molecule has 8 aliphatic heterocycles. The van der Waals surface area contributed by atoms with E-state index in [1.54, 1.807) is 55.3 Å². The molecule has 3 fully saturated rings. The Bertz CT molecular complexity index is 2690. The molecule has 475 valence electrons. The van der Waals surface area contributed by atoms with Crippen molar-refractivity contribution in [2.45, 2.75) is 115 Å². The SMILES string of the molecule is C1=COCCC1.CC1(C)OB(C2=CCCOC2)OC1(C)C.CPC.Clc1nccnc1C1=CCCOC1.Nc1ccc(Oc2nccnc2C2=CCCOC2)cc1.O=C1CCCOC1.O=S(=O)(OC1=CCCOC1)C(F)(F)F.OC1CCCOC1.[B]. The molecule has 11 rings (SSSR count). The number of anilines is 1. The van der Waals surface area contributed by atoms with Crippen molar-refractivity contribution in [2.75, 3.05) is 105 Å². The van der Waals surface area contributed by atoms with Crippen LogP contribution in [0.3, 0.4) is 0 Å². The zero-order chi connectivity index (χ0) is 62.0. The number of alkyl halides is 3. The van der Waals surface area contributed by atoms with Crippen LogP contribution in [0, 0.1) is 0 Å². The van der Waals surface area contributed by atoms with Gasteiger partial charge in [0, 0.05) is 69.7 Å². The molecule has 0 saturated carbocycles. The number of rotatable bonds is 7. The van der Waals surface area contributed by atoms with Gasteiger partial charge in [0.2, 0.25) is 5.88 Å². The summed E-state index contributed by atoms with van der Waals surface area (Å²) in [6.07, 6.45) is 26.8. The van der Waals surface area contributed by atoms with Gasteiger partial charge in [0.25, 0.3) is 0 Å². The summed E-state index contributed by atoms with van der Waals surface area (Å²) in [5, 5.41) is 9.23. The lowest BCUT2D eigenvalue weighted by Crippen LogP contribution is -2.41. The minimum Gasteiger partial charge on any atom is -0.502 e. The minimum atomic E-state index is -5.55. The van der Waals surface area contributed by atoms with Gasteiger partial charge in [0.1, 0.15) is 36.1 Å². The van der Waals surface area contributed by atoms with Gasteiger partial charge >= 0.3 is 22.7 Å². The number of carbonyl (C=O) groups is 1. The Hall–Kier alpha value is -4.82. The van der Waals surface area contributed by atoms with E-state index >= 15 is 0 Å². The molecule has 8 aliphatic rings. The minimum absolute atomic E-state index is 0. The molecule has 86 heavy (non-hydrogen) atoms. The van der Waals surface area contributed by atoms with E-state index in [0.717, 1.165) is 121 Å². The molecule has 3 saturated heterocycles. The first-order valence-electron chi connectivity index (χ1n) is 28.1. The van der Waals surface area contributed by atoms with Crippen molar-refractivity contribution >= 4 is 68.4 Å². The van der Waals surface area contributed by atoms with E-state index in [1.165, 1.54) is 18.9 Å². The third-order valence-electron chi connectivity index (χ3n) is 12.7. The molecule has 0 bridgehead atoms. The maximum Gasteiger partial charge on any atom is 0.534 e. The normalized spacial score (nSPS) is 20.2. The molecule has 1 atom stereocenters. The monoisotopic (exact) mass is 1270 g/mol. The summed E-state index contributed by atoms with van der Waals surface area (Å²) in [5.74, 6) is 1.08. The Balaban J connectivity index is 0.000000269. The van der Waals surface area contributed by atoms with Crippen LogP contribution in [0.4, 0.5) is 18.9 Å². The third kappa shape index (κ3) is 28.6. The number of carbonyl (C=O) groups excluding carboxylic acids is 1. The second-order valence-electron chi connectivity index (χ2n) is 20.4. The number of nitrogen functional groups attached to an aromatic ring is 1. The van der Waals surface area contributed by atoms with Crippen LogP contribution in [0.1, 0.15) is 103 Å². The fraction of sp³-hybridized carbons (Fsp3) is 0.569. The van der Waals surface area contributed by atoms with Gasteiger partial charge in [-0.2, -0.15) is 21.6 Å². The highest BCUT2D eigenvalue weighted by Crippen LogP contribution is 2.39. The van der Waals surface area contributed by atoms with E-state index in [2.05, 4.69) is 83.4 Å². The summed E-state index contributed by atoms with van der Waals surface area (Å²) >= 11 is 5.89. The van der Waals surface area contributed by atoms with Crippen molar-refractivity contribution in [3.63, 3.8) is 0 Å². The summed E-state index contributed by atoms with van der Waals surface area (Å²) in [4.78, 5) is 27.1. The maximum absolute atomic E-state index is 11.8. The molecular weight excluding hydrogens is 1180 g/mol. The summed E-state index contributed by atoms with van der Waals surface area (Å²) in [6, 6.07) is 7.18. The summed E-state index contributed by atoms with van der Waals surface area (Å²) in [5.41, 5.74) is 5.08. The Labute approximate surface area is 513 Å². The van der Waals surface area contributed by atoms with Crippen LogP contribution in [0.15, 0.2) is 96.9 Å². The zero-order valence-electron chi connectivity index (χ0n) is 50.0. The van der Waals surface area contributed by atoms with Crippen molar-refractivity contribution in [2.24, 2.45) is 0 Å². The fourth-order valence-corrected chi connectivity index (χ4v) is 8.33. The molecule has 3 radical (unpaired) electrons. The van der Waals surface area contributed by atoms with Gasteiger partial charge in [0.15, 0.2) is 10.9 Å².